The molecule has 0 amide bonds. The fourth-order valence-corrected chi connectivity index (χ4v) is 2.57. The van der Waals surface area contributed by atoms with E-state index in [1.165, 1.54) is 0 Å². The molecule has 1 heterocycles. The zero-order valence-corrected chi connectivity index (χ0v) is 15.1. The molecule has 0 saturated heterocycles. The Morgan fingerprint density at radius 3 is 2.60 bits per heavy atom. The lowest BCUT2D eigenvalue weighted by Crippen LogP contribution is -2.11. The Bertz CT molecular complexity index is 777. The van der Waals surface area contributed by atoms with Crippen molar-refractivity contribution in [2.24, 2.45) is 0 Å². The molecule has 0 bridgehead atoms. The van der Waals surface area contributed by atoms with Gasteiger partial charge in [0.15, 0.2) is 23.8 Å². The van der Waals surface area contributed by atoms with Gasteiger partial charge in [0.25, 0.3) is 0 Å². The van der Waals surface area contributed by atoms with E-state index in [9.17, 15) is 9.59 Å². The van der Waals surface area contributed by atoms with Crippen molar-refractivity contribution >= 4 is 27.9 Å². The van der Waals surface area contributed by atoms with Crippen LogP contribution in [0.5, 0.6) is 11.5 Å². The molecular weight excluding hydrogens is 398 g/mol. The number of carboxylic acids is 1. The van der Waals surface area contributed by atoms with Crippen LogP contribution in [0.2, 0.25) is 0 Å². The third-order valence-corrected chi connectivity index (χ3v) is 3.53. The van der Waals surface area contributed by atoms with Gasteiger partial charge in [0, 0.05) is 5.56 Å². The van der Waals surface area contributed by atoms with Gasteiger partial charge in [-0.3, -0.25) is 0 Å². The second-order valence-electron chi connectivity index (χ2n) is 4.64. The van der Waals surface area contributed by atoms with Crippen molar-refractivity contribution in [1.29, 1.82) is 0 Å². The zero-order valence-electron chi connectivity index (χ0n) is 13.5. The van der Waals surface area contributed by atoms with Crippen LogP contribution in [0.3, 0.4) is 0 Å². The number of hydrogen-bond acceptors (Lipinski definition) is 7. The van der Waals surface area contributed by atoms with Crippen LogP contribution < -0.4 is 9.47 Å². The molecule has 0 aliphatic rings. The fraction of sp³-hybridized carbons (Fsp3) is 0.333. The molecule has 0 aliphatic heterocycles. The van der Waals surface area contributed by atoms with Crippen LogP contribution in [0.4, 0.5) is 0 Å². The molecule has 2 aromatic rings. The lowest BCUT2D eigenvalue weighted by molar-refractivity contribution is -0.139. The Morgan fingerprint density at radius 2 is 1.96 bits per heavy atom. The predicted molar refractivity (Wildman–Crippen MR) is 89.8 cm³/mol. The highest BCUT2D eigenvalue weighted by Crippen LogP contribution is 2.40. The Morgan fingerprint density at radius 1 is 1.20 bits per heavy atom. The Kier molecular flexibility index (Phi) is 6.34. The fourth-order valence-electron chi connectivity index (χ4n) is 2.02. The molecule has 0 fully saturated rings. The van der Waals surface area contributed by atoms with Gasteiger partial charge >= 0.3 is 11.9 Å². The van der Waals surface area contributed by atoms with E-state index >= 15 is 0 Å². The second kappa shape index (κ2) is 8.47. The molecule has 0 radical (unpaired) electrons. The number of aromatic nitrogens is 3. The van der Waals surface area contributed by atoms with Crippen LogP contribution in [-0.4, -0.2) is 52.3 Å². The van der Waals surface area contributed by atoms with Crippen molar-refractivity contribution in [3.8, 4) is 22.8 Å². The van der Waals surface area contributed by atoms with Crippen molar-refractivity contribution in [1.82, 2.24) is 15.4 Å². The Hall–Kier alpha value is -2.62. The minimum absolute atomic E-state index is 0.0374. The molecule has 1 aromatic heterocycles. The summed E-state index contributed by atoms with van der Waals surface area (Å²) < 4.78 is 16.2. The van der Waals surface area contributed by atoms with E-state index in [4.69, 9.17) is 19.3 Å². The summed E-state index contributed by atoms with van der Waals surface area (Å²) in [6, 6.07) is 3.21. The van der Waals surface area contributed by atoms with Gasteiger partial charge in [-0.15, -0.1) is 5.10 Å². The standard InChI is InChI=1S/C15H16BrN3O6/c1-3-23-10-6-8(5-9(16)14(10)25-7-11(20)21)12-13(18-19-17-12)15(22)24-4-2/h5-6H,3-4,7H2,1-2H3,(H,20,21)(H,17,18,19). The third kappa shape index (κ3) is 4.47. The third-order valence-electron chi connectivity index (χ3n) is 2.94. The average Bonchev–Trinajstić information content (AvgIpc) is 3.04. The quantitative estimate of drug-likeness (QED) is 0.631. The molecule has 0 atom stereocenters. The van der Waals surface area contributed by atoms with E-state index in [0.717, 1.165) is 0 Å². The molecule has 10 heteroatoms. The number of esters is 1. The van der Waals surface area contributed by atoms with Gasteiger partial charge < -0.3 is 19.3 Å². The number of aromatic amines is 1. The largest absolute Gasteiger partial charge is 0.490 e. The predicted octanol–water partition coefficient (Wildman–Crippen LogP) is 2.27. The van der Waals surface area contributed by atoms with Crippen LogP contribution >= 0.6 is 15.9 Å². The van der Waals surface area contributed by atoms with Crippen molar-refractivity contribution in [2.45, 2.75) is 13.8 Å². The van der Waals surface area contributed by atoms with E-state index in [0.29, 0.717) is 22.4 Å². The van der Waals surface area contributed by atoms with Crippen molar-refractivity contribution in [3.05, 3.63) is 22.3 Å². The van der Waals surface area contributed by atoms with E-state index in [-0.39, 0.29) is 23.7 Å². The molecular formula is C15H16BrN3O6. The summed E-state index contributed by atoms with van der Waals surface area (Å²) in [5.74, 6) is -1.16. The lowest BCUT2D eigenvalue weighted by atomic mass is 10.1. The number of rotatable bonds is 8. The summed E-state index contributed by atoms with van der Waals surface area (Å²) in [4.78, 5) is 22.7. The van der Waals surface area contributed by atoms with Gasteiger partial charge in [0.2, 0.25) is 0 Å². The van der Waals surface area contributed by atoms with Gasteiger partial charge in [0.05, 0.1) is 17.7 Å². The zero-order chi connectivity index (χ0) is 18.4. The molecule has 0 unspecified atom stereocenters. The number of H-pyrrole nitrogens is 1. The molecule has 134 valence electrons. The summed E-state index contributed by atoms with van der Waals surface area (Å²) in [7, 11) is 0. The summed E-state index contributed by atoms with van der Waals surface area (Å²) in [5, 5.41) is 19.0. The molecule has 1 aromatic carbocycles. The SMILES string of the molecule is CCOC(=O)c1n[nH]nc1-c1cc(Br)c(OCC(=O)O)c(OCC)c1. The summed E-state index contributed by atoms with van der Waals surface area (Å²) in [6.45, 7) is 3.50. The molecule has 0 spiro atoms. The first-order valence-corrected chi connectivity index (χ1v) is 8.16. The van der Waals surface area contributed by atoms with Crippen LogP contribution in [0.1, 0.15) is 24.3 Å². The Labute approximate surface area is 151 Å². The maximum absolute atomic E-state index is 12.0. The van der Waals surface area contributed by atoms with Crippen molar-refractivity contribution < 1.29 is 28.9 Å². The molecule has 9 nitrogen and oxygen atoms in total. The van der Waals surface area contributed by atoms with Crippen LogP contribution in [0.15, 0.2) is 16.6 Å². The van der Waals surface area contributed by atoms with Gasteiger partial charge in [-0.05, 0) is 41.9 Å². The first-order chi connectivity index (χ1) is 12.0. The maximum Gasteiger partial charge on any atom is 0.361 e. The van der Waals surface area contributed by atoms with Crippen molar-refractivity contribution in [2.75, 3.05) is 19.8 Å². The smallest absolute Gasteiger partial charge is 0.361 e. The number of halogens is 1. The second-order valence-corrected chi connectivity index (χ2v) is 5.50. The first-order valence-electron chi connectivity index (χ1n) is 7.37. The van der Waals surface area contributed by atoms with E-state index in [1.54, 1.807) is 26.0 Å². The minimum Gasteiger partial charge on any atom is -0.490 e. The van der Waals surface area contributed by atoms with Crippen LogP contribution in [0.25, 0.3) is 11.3 Å². The number of carbonyl (C=O) groups excluding carboxylic acids is 1. The number of carboxylic acid groups (broad SMARTS) is 1. The van der Waals surface area contributed by atoms with E-state index in [2.05, 4.69) is 31.3 Å². The lowest BCUT2D eigenvalue weighted by Gasteiger charge is -2.14. The molecule has 25 heavy (non-hydrogen) atoms. The number of hydrogen-bond donors (Lipinski definition) is 2. The highest BCUT2D eigenvalue weighted by atomic mass is 79.9. The van der Waals surface area contributed by atoms with Gasteiger partial charge in [-0.2, -0.15) is 10.3 Å². The normalized spacial score (nSPS) is 10.4. The van der Waals surface area contributed by atoms with Crippen molar-refractivity contribution in [3.63, 3.8) is 0 Å². The number of carbonyl (C=O) groups is 2. The number of benzene rings is 1. The van der Waals surface area contributed by atoms with Gasteiger partial charge in [0.1, 0.15) is 5.69 Å². The van der Waals surface area contributed by atoms with E-state index in [1.807, 2.05) is 0 Å². The molecule has 2 rings (SSSR count). The average molecular weight is 414 g/mol. The minimum atomic E-state index is -1.11. The number of aliphatic carboxylic acids is 1. The van der Waals surface area contributed by atoms with Crippen LogP contribution in [-0.2, 0) is 9.53 Å². The topological polar surface area (TPSA) is 124 Å². The molecule has 2 N–H and O–H groups in total. The molecule has 0 saturated carbocycles. The summed E-state index contributed by atoms with van der Waals surface area (Å²) >= 11 is 3.32. The van der Waals surface area contributed by atoms with Crippen LogP contribution in [0, 0.1) is 0 Å². The number of nitrogens with one attached hydrogen (secondary N) is 1. The Balaban J connectivity index is 2.45. The van der Waals surface area contributed by atoms with Gasteiger partial charge in [-0.1, -0.05) is 0 Å². The number of nitrogens with zero attached hydrogens (tertiary/aromatic N) is 2. The first kappa shape index (κ1) is 18.7. The summed E-state index contributed by atoms with van der Waals surface area (Å²) in [6.07, 6.45) is 0. The summed E-state index contributed by atoms with van der Waals surface area (Å²) in [5.41, 5.74) is 0.843. The van der Waals surface area contributed by atoms with E-state index < -0.39 is 18.5 Å². The highest BCUT2D eigenvalue weighted by molar-refractivity contribution is 9.10. The highest BCUT2D eigenvalue weighted by Gasteiger charge is 2.22. The molecule has 0 aliphatic carbocycles. The van der Waals surface area contributed by atoms with Gasteiger partial charge in [-0.25, -0.2) is 9.59 Å². The maximum atomic E-state index is 12.0. The monoisotopic (exact) mass is 413 g/mol. The number of ether oxygens (including phenoxy) is 3.